The van der Waals surface area contributed by atoms with E-state index in [1.807, 2.05) is 34.6 Å². The molecule has 18 heavy (non-hydrogen) atoms. The zero-order valence-electron chi connectivity index (χ0n) is 11.9. The third-order valence-corrected chi connectivity index (χ3v) is 2.67. The number of likely N-dealkylation sites (tertiary alicyclic amines) is 1. The summed E-state index contributed by atoms with van der Waals surface area (Å²) in [7, 11) is 0. The maximum Gasteiger partial charge on any atom is 0.410 e. The van der Waals surface area contributed by atoms with E-state index >= 15 is 0 Å². The fourth-order valence-electron chi connectivity index (χ4n) is 1.89. The molecule has 102 valence electrons. The third kappa shape index (κ3) is 4.51. The largest absolute Gasteiger partial charge is 0.444 e. The lowest BCUT2D eigenvalue weighted by Gasteiger charge is -2.24. The van der Waals surface area contributed by atoms with E-state index in [-0.39, 0.29) is 17.8 Å². The Bertz CT molecular complexity index is 362. The van der Waals surface area contributed by atoms with Crippen molar-refractivity contribution >= 4 is 11.9 Å². The molecule has 4 heteroatoms. The summed E-state index contributed by atoms with van der Waals surface area (Å²) in [6.07, 6.45) is 2.06. The first-order valence-corrected chi connectivity index (χ1v) is 6.36. The van der Waals surface area contributed by atoms with Gasteiger partial charge in [0.25, 0.3) is 0 Å². The van der Waals surface area contributed by atoms with Gasteiger partial charge >= 0.3 is 6.09 Å². The zero-order chi connectivity index (χ0) is 13.9. The first-order chi connectivity index (χ1) is 8.19. The molecular weight excluding hydrogens is 230 g/mol. The van der Waals surface area contributed by atoms with Gasteiger partial charge in [0, 0.05) is 19.0 Å². The lowest BCUT2D eigenvalue weighted by atomic mass is 10.0. The second-order valence-corrected chi connectivity index (χ2v) is 6.04. The van der Waals surface area contributed by atoms with Crippen molar-refractivity contribution < 1.29 is 14.3 Å². The van der Waals surface area contributed by atoms with E-state index in [0.29, 0.717) is 13.1 Å². The van der Waals surface area contributed by atoms with Crippen LogP contribution in [-0.2, 0) is 9.53 Å². The van der Waals surface area contributed by atoms with Gasteiger partial charge in [-0.3, -0.25) is 4.79 Å². The molecule has 0 bridgehead atoms. The first kappa shape index (κ1) is 14.7. The summed E-state index contributed by atoms with van der Waals surface area (Å²) in [6.45, 7) is 10.4. The fourth-order valence-corrected chi connectivity index (χ4v) is 1.89. The number of carbonyl (C=O) groups excluding carboxylic acids is 2. The van der Waals surface area contributed by atoms with E-state index in [1.54, 1.807) is 11.0 Å². The molecule has 0 aromatic carbocycles. The highest BCUT2D eigenvalue weighted by molar-refractivity contribution is 5.93. The van der Waals surface area contributed by atoms with E-state index in [9.17, 15) is 9.59 Å². The molecule has 1 aliphatic heterocycles. The highest BCUT2D eigenvalue weighted by Gasteiger charge is 2.32. The van der Waals surface area contributed by atoms with Crippen LogP contribution < -0.4 is 0 Å². The third-order valence-electron chi connectivity index (χ3n) is 2.67. The molecule has 0 spiro atoms. The molecule has 1 rings (SSSR count). The average Bonchev–Trinajstić information content (AvgIpc) is 2.61. The zero-order valence-corrected chi connectivity index (χ0v) is 11.9. The van der Waals surface area contributed by atoms with Crippen LogP contribution in [0.3, 0.4) is 0 Å². The maximum absolute atomic E-state index is 11.9. The minimum Gasteiger partial charge on any atom is -0.444 e. The summed E-state index contributed by atoms with van der Waals surface area (Å²) < 4.78 is 5.29. The summed E-state index contributed by atoms with van der Waals surface area (Å²) >= 11 is 0. The Morgan fingerprint density at radius 2 is 1.89 bits per heavy atom. The van der Waals surface area contributed by atoms with E-state index in [4.69, 9.17) is 4.74 Å². The predicted octanol–water partition coefficient (Wildman–Crippen LogP) is 2.78. The van der Waals surface area contributed by atoms with E-state index in [1.165, 1.54) is 0 Å². The SMILES string of the molecule is CC(C)=CC(=O)C1CCN(C(=O)OC(C)(C)C)C1. The number of ether oxygens (including phenoxy) is 1. The average molecular weight is 253 g/mol. The van der Waals surface area contributed by atoms with Crippen LogP contribution in [0.2, 0.25) is 0 Å². The van der Waals surface area contributed by atoms with Crippen molar-refractivity contribution in [1.29, 1.82) is 0 Å². The van der Waals surface area contributed by atoms with Crippen molar-refractivity contribution in [2.24, 2.45) is 5.92 Å². The molecule has 1 saturated heterocycles. The van der Waals surface area contributed by atoms with Crippen molar-refractivity contribution in [3.05, 3.63) is 11.6 Å². The normalized spacial score (nSPS) is 19.6. The molecule has 1 atom stereocenters. The second kappa shape index (κ2) is 5.55. The van der Waals surface area contributed by atoms with Crippen LogP contribution in [0.25, 0.3) is 0 Å². The van der Waals surface area contributed by atoms with Crippen LogP contribution in [0.1, 0.15) is 41.0 Å². The van der Waals surface area contributed by atoms with Crippen LogP contribution >= 0.6 is 0 Å². The Labute approximate surface area is 109 Å². The summed E-state index contributed by atoms with van der Waals surface area (Å²) in [5, 5.41) is 0. The summed E-state index contributed by atoms with van der Waals surface area (Å²) in [5.41, 5.74) is 0.509. The summed E-state index contributed by atoms with van der Waals surface area (Å²) in [4.78, 5) is 25.3. The Kier molecular flexibility index (Phi) is 4.54. The van der Waals surface area contributed by atoms with E-state index in [2.05, 4.69) is 0 Å². The van der Waals surface area contributed by atoms with Crippen molar-refractivity contribution in [2.45, 2.75) is 46.6 Å². The molecule has 1 unspecified atom stereocenters. The van der Waals surface area contributed by atoms with Crippen molar-refractivity contribution in [3.8, 4) is 0 Å². The van der Waals surface area contributed by atoms with Crippen LogP contribution in [0.4, 0.5) is 4.79 Å². The molecule has 0 N–H and O–H groups in total. The van der Waals surface area contributed by atoms with Crippen LogP contribution in [0, 0.1) is 5.92 Å². The molecule has 0 radical (unpaired) electrons. The Hall–Kier alpha value is -1.32. The van der Waals surface area contributed by atoms with E-state index < -0.39 is 5.60 Å². The van der Waals surface area contributed by atoms with Gasteiger partial charge in [-0.2, -0.15) is 0 Å². The molecule has 4 nitrogen and oxygen atoms in total. The predicted molar refractivity (Wildman–Crippen MR) is 70.4 cm³/mol. The lowest BCUT2D eigenvalue weighted by molar-refractivity contribution is -0.117. The summed E-state index contributed by atoms with van der Waals surface area (Å²) in [6, 6.07) is 0. The van der Waals surface area contributed by atoms with Gasteiger partial charge < -0.3 is 9.64 Å². The molecule has 0 aliphatic carbocycles. The molecule has 0 aromatic heterocycles. The van der Waals surface area contributed by atoms with Gasteiger partial charge in [0.1, 0.15) is 5.60 Å². The van der Waals surface area contributed by atoms with Gasteiger partial charge in [-0.05, 0) is 47.1 Å². The molecule has 1 heterocycles. The maximum atomic E-state index is 11.9. The standard InChI is InChI=1S/C14H23NO3/c1-10(2)8-12(16)11-6-7-15(9-11)13(17)18-14(3,4)5/h8,11H,6-7,9H2,1-5H3. The minimum atomic E-state index is -0.487. The fraction of sp³-hybridized carbons (Fsp3) is 0.714. The number of nitrogens with zero attached hydrogens (tertiary/aromatic N) is 1. The quantitative estimate of drug-likeness (QED) is 0.711. The van der Waals surface area contributed by atoms with Gasteiger partial charge in [-0.1, -0.05) is 5.57 Å². The van der Waals surface area contributed by atoms with Gasteiger partial charge in [0.2, 0.25) is 0 Å². The van der Waals surface area contributed by atoms with Gasteiger partial charge in [0.15, 0.2) is 5.78 Å². The van der Waals surface area contributed by atoms with Crippen molar-refractivity contribution in [1.82, 2.24) is 4.90 Å². The van der Waals surface area contributed by atoms with Crippen LogP contribution in [0.5, 0.6) is 0 Å². The van der Waals surface area contributed by atoms with Crippen molar-refractivity contribution in [3.63, 3.8) is 0 Å². The molecule has 1 amide bonds. The Balaban J connectivity index is 2.54. The first-order valence-electron chi connectivity index (χ1n) is 6.36. The molecule has 1 aliphatic rings. The number of hydrogen-bond acceptors (Lipinski definition) is 3. The molecular formula is C14H23NO3. The van der Waals surface area contributed by atoms with Gasteiger partial charge in [-0.25, -0.2) is 4.79 Å². The monoisotopic (exact) mass is 253 g/mol. The highest BCUT2D eigenvalue weighted by Crippen LogP contribution is 2.20. The number of ketones is 1. The lowest BCUT2D eigenvalue weighted by Crippen LogP contribution is -2.35. The van der Waals surface area contributed by atoms with Gasteiger partial charge in [-0.15, -0.1) is 0 Å². The second-order valence-electron chi connectivity index (χ2n) is 6.04. The highest BCUT2D eigenvalue weighted by atomic mass is 16.6. The topological polar surface area (TPSA) is 46.6 Å². The smallest absolute Gasteiger partial charge is 0.410 e. The summed E-state index contributed by atoms with van der Waals surface area (Å²) in [5.74, 6) is 0.0356. The number of hydrogen-bond donors (Lipinski definition) is 0. The van der Waals surface area contributed by atoms with Crippen LogP contribution in [0.15, 0.2) is 11.6 Å². The number of carbonyl (C=O) groups is 2. The number of allylic oxidation sites excluding steroid dienone is 2. The van der Waals surface area contributed by atoms with Crippen molar-refractivity contribution in [2.75, 3.05) is 13.1 Å². The van der Waals surface area contributed by atoms with E-state index in [0.717, 1.165) is 12.0 Å². The minimum absolute atomic E-state index is 0.0765. The molecule has 0 aromatic rings. The molecule has 0 saturated carbocycles. The number of rotatable bonds is 2. The van der Waals surface area contributed by atoms with Gasteiger partial charge in [0.05, 0.1) is 0 Å². The Morgan fingerprint density at radius 1 is 1.28 bits per heavy atom. The number of amides is 1. The van der Waals surface area contributed by atoms with Crippen LogP contribution in [-0.4, -0.2) is 35.5 Å². The molecule has 1 fully saturated rings. The Morgan fingerprint density at radius 3 is 2.39 bits per heavy atom.